The topological polar surface area (TPSA) is 12.0 Å². The first-order valence-electron chi connectivity index (χ1n) is 8.54. The van der Waals surface area contributed by atoms with Crippen molar-refractivity contribution in [2.75, 3.05) is 0 Å². The average Bonchev–Trinajstić information content (AvgIpc) is 2.41. The Balaban J connectivity index is 2.51. The molecule has 1 heterocycles. The van der Waals surface area contributed by atoms with Gasteiger partial charge in [0.2, 0.25) is 0 Å². The molecule has 0 aromatic heterocycles. The smallest absolute Gasteiger partial charge is 0.0184 e. The molecule has 0 amide bonds. The van der Waals surface area contributed by atoms with Crippen molar-refractivity contribution in [1.82, 2.24) is 5.32 Å². The van der Waals surface area contributed by atoms with Crippen LogP contribution in [0.15, 0.2) is 0 Å². The van der Waals surface area contributed by atoms with Crippen LogP contribution >= 0.6 is 0 Å². The van der Waals surface area contributed by atoms with Crippen LogP contribution in [0.25, 0.3) is 0 Å². The fourth-order valence-electron chi connectivity index (χ4n) is 3.48. The molecule has 0 radical (unpaired) electrons. The van der Waals surface area contributed by atoms with Gasteiger partial charge in [0.05, 0.1) is 0 Å². The molecule has 0 aliphatic carbocycles. The molecule has 1 aliphatic heterocycles. The lowest BCUT2D eigenvalue weighted by molar-refractivity contribution is 0.165. The van der Waals surface area contributed by atoms with Crippen LogP contribution in [-0.4, -0.2) is 11.6 Å². The maximum Gasteiger partial charge on any atom is 0.0184 e. The minimum atomic E-state index is 0.503. The Morgan fingerprint density at radius 1 is 0.944 bits per heavy atom. The molecule has 1 heteroatoms. The standard InChI is InChI=1S/C17H35N/c1-4-7-11-16-12-10-15-17(18-16,13-8-5-2)14-9-6-3/h16,18H,4-15H2,1-3H3. The highest BCUT2D eigenvalue weighted by atomic mass is 15.0. The molecule has 1 nitrogen and oxygen atoms in total. The van der Waals surface area contributed by atoms with Gasteiger partial charge in [-0.15, -0.1) is 0 Å². The summed E-state index contributed by atoms with van der Waals surface area (Å²) in [6, 6.07) is 0.812. The van der Waals surface area contributed by atoms with Gasteiger partial charge in [0.25, 0.3) is 0 Å². The first-order valence-corrected chi connectivity index (χ1v) is 8.54. The second-order valence-corrected chi connectivity index (χ2v) is 6.36. The van der Waals surface area contributed by atoms with Crippen LogP contribution in [0.1, 0.15) is 97.8 Å². The van der Waals surface area contributed by atoms with Crippen LogP contribution in [-0.2, 0) is 0 Å². The zero-order chi connectivity index (χ0) is 13.3. The summed E-state index contributed by atoms with van der Waals surface area (Å²) >= 11 is 0. The molecule has 1 atom stereocenters. The van der Waals surface area contributed by atoms with Gasteiger partial charge in [0.15, 0.2) is 0 Å². The number of nitrogens with one attached hydrogen (secondary N) is 1. The van der Waals surface area contributed by atoms with Crippen molar-refractivity contribution in [3.63, 3.8) is 0 Å². The molecule has 0 bridgehead atoms. The third kappa shape index (κ3) is 5.30. The first kappa shape index (κ1) is 16.0. The Bertz CT molecular complexity index is 192. The summed E-state index contributed by atoms with van der Waals surface area (Å²) in [4.78, 5) is 0. The first-order chi connectivity index (χ1) is 8.76. The van der Waals surface area contributed by atoms with Crippen LogP contribution in [0, 0.1) is 0 Å². The summed E-state index contributed by atoms with van der Waals surface area (Å²) < 4.78 is 0. The summed E-state index contributed by atoms with van der Waals surface area (Å²) in [7, 11) is 0. The van der Waals surface area contributed by atoms with Crippen LogP contribution in [0.4, 0.5) is 0 Å². The number of hydrogen-bond donors (Lipinski definition) is 1. The highest BCUT2D eigenvalue weighted by Gasteiger charge is 2.33. The van der Waals surface area contributed by atoms with Gasteiger partial charge in [0.1, 0.15) is 0 Å². The van der Waals surface area contributed by atoms with Gasteiger partial charge in [-0.3, -0.25) is 0 Å². The van der Waals surface area contributed by atoms with Crippen molar-refractivity contribution in [2.45, 2.75) is 109 Å². The summed E-state index contributed by atoms with van der Waals surface area (Å²) in [6.07, 6.45) is 16.7. The Morgan fingerprint density at radius 2 is 1.56 bits per heavy atom. The van der Waals surface area contributed by atoms with E-state index in [4.69, 9.17) is 0 Å². The van der Waals surface area contributed by atoms with Gasteiger partial charge in [0, 0.05) is 11.6 Å². The second-order valence-electron chi connectivity index (χ2n) is 6.36. The molecule has 1 saturated heterocycles. The van der Waals surface area contributed by atoms with Gasteiger partial charge >= 0.3 is 0 Å². The van der Waals surface area contributed by atoms with Gasteiger partial charge < -0.3 is 5.32 Å². The maximum atomic E-state index is 4.07. The SMILES string of the molecule is CCCCC1CCCC(CCCC)(CCCC)N1. The fourth-order valence-corrected chi connectivity index (χ4v) is 3.48. The highest BCUT2D eigenvalue weighted by Crippen LogP contribution is 2.33. The third-order valence-corrected chi connectivity index (χ3v) is 4.64. The number of hydrogen-bond acceptors (Lipinski definition) is 1. The van der Waals surface area contributed by atoms with Gasteiger partial charge in [-0.05, 0) is 32.1 Å². The van der Waals surface area contributed by atoms with E-state index in [1.54, 1.807) is 0 Å². The molecule has 1 fully saturated rings. The summed E-state index contributed by atoms with van der Waals surface area (Å²) in [6.45, 7) is 6.96. The lowest BCUT2D eigenvalue weighted by Gasteiger charge is -2.43. The minimum absolute atomic E-state index is 0.503. The van der Waals surface area contributed by atoms with Crippen molar-refractivity contribution in [1.29, 1.82) is 0 Å². The molecule has 1 N–H and O–H groups in total. The molecule has 0 saturated carbocycles. The van der Waals surface area contributed by atoms with E-state index in [0.29, 0.717) is 5.54 Å². The molecule has 0 aromatic rings. The fraction of sp³-hybridized carbons (Fsp3) is 1.00. The van der Waals surface area contributed by atoms with Crippen molar-refractivity contribution < 1.29 is 0 Å². The molecular weight excluding hydrogens is 218 g/mol. The van der Waals surface area contributed by atoms with Gasteiger partial charge in [-0.25, -0.2) is 0 Å². The van der Waals surface area contributed by atoms with E-state index in [1.807, 2.05) is 0 Å². The molecular formula is C17H35N. The van der Waals surface area contributed by atoms with Crippen molar-refractivity contribution in [3.8, 4) is 0 Å². The Hall–Kier alpha value is -0.0400. The van der Waals surface area contributed by atoms with E-state index in [2.05, 4.69) is 26.1 Å². The molecule has 18 heavy (non-hydrogen) atoms. The van der Waals surface area contributed by atoms with E-state index < -0.39 is 0 Å². The van der Waals surface area contributed by atoms with E-state index >= 15 is 0 Å². The number of rotatable bonds is 9. The van der Waals surface area contributed by atoms with Crippen LogP contribution in [0.3, 0.4) is 0 Å². The monoisotopic (exact) mass is 253 g/mol. The predicted octanol–water partition coefficient (Wildman–Crippen LogP) is 5.44. The van der Waals surface area contributed by atoms with Crippen LogP contribution < -0.4 is 5.32 Å². The molecule has 1 rings (SSSR count). The summed E-state index contributed by atoms with van der Waals surface area (Å²) in [5.41, 5.74) is 0.503. The van der Waals surface area contributed by atoms with Crippen LogP contribution in [0.2, 0.25) is 0 Å². The van der Waals surface area contributed by atoms with E-state index in [-0.39, 0.29) is 0 Å². The largest absolute Gasteiger partial charge is 0.308 e. The Labute approximate surface area is 115 Å². The van der Waals surface area contributed by atoms with Crippen LogP contribution in [0.5, 0.6) is 0 Å². The third-order valence-electron chi connectivity index (χ3n) is 4.64. The van der Waals surface area contributed by atoms with E-state index in [9.17, 15) is 0 Å². The van der Waals surface area contributed by atoms with Crippen molar-refractivity contribution >= 4 is 0 Å². The average molecular weight is 253 g/mol. The lowest BCUT2D eigenvalue weighted by Crippen LogP contribution is -2.53. The van der Waals surface area contributed by atoms with E-state index in [1.165, 1.54) is 77.0 Å². The predicted molar refractivity (Wildman–Crippen MR) is 82.1 cm³/mol. The summed E-state index contributed by atoms with van der Waals surface area (Å²) in [5, 5.41) is 4.07. The number of piperidine rings is 1. The normalized spacial score (nSPS) is 23.2. The van der Waals surface area contributed by atoms with Crippen molar-refractivity contribution in [3.05, 3.63) is 0 Å². The quantitative estimate of drug-likeness (QED) is 0.577. The molecule has 0 spiro atoms. The van der Waals surface area contributed by atoms with Crippen molar-refractivity contribution in [2.24, 2.45) is 0 Å². The van der Waals surface area contributed by atoms with Gasteiger partial charge in [-0.1, -0.05) is 65.7 Å². The van der Waals surface area contributed by atoms with E-state index in [0.717, 1.165) is 6.04 Å². The zero-order valence-corrected chi connectivity index (χ0v) is 13.1. The summed E-state index contributed by atoms with van der Waals surface area (Å²) in [5.74, 6) is 0. The van der Waals surface area contributed by atoms with Gasteiger partial charge in [-0.2, -0.15) is 0 Å². The molecule has 108 valence electrons. The molecule has 1 unspecified atom stereocenters. The Morgan fingerprint density at radius 3 is 2.11 bits per heavy atom. The lowest BCUT2D eigenvalue weighted by atomic mass is 9.78. The second kappa shape index (κ2) is 8.96. The highest BCUT2D eigenvalue weighted by molar-refractivity contribution is 4.94. The maximum absolute atomic E-state index is 4.07. The molecule has 0 aromatic carbocycles. The minimum Gasteiger partial charge on any atom is -0.308 e. The molecule has 1 aliphatic rings. The Kier molecular flexibility index (Phi) is 7.97. The zero-order valence-electron chi connectivity index (χ0n) is 13.1. The number of unbranched alkanes of at least 4 members (excludes halogenated alkanes) is 3.